The van der Waals surface area contributed by atoms with Crippen molar-refractivity contribution in [2.45, 2.75) is 25.8 Å². The van der Waals surface area contributed by atoms with E-state index < -0.39 is 0 Å². The van der Waals surface area contributed by atoms with Crippen LogP contribution in [-0.2, 0) is 6.42 Å². The van der Waals surface area contributed by atoms with Gasteiger partial charge in [-0.2, -0.15) is 5.26 Å². The second kappa shape index (κ2) is 4.34. The predicted molar refractivity (Wildman–Crippen MR) is 69.5 cm³/mol. The molecular formula is C14H16N2O2. The molecule has 0 N–H and O–H groups in total. The summed E-state index contributed by atoms with van der Waals surface area (Å²) in [6.07, 6.45) is 0.786. The molecule has 18 heavy (non-hydrogen) atoms. The Balaban J connectivity index is 2.63. The molecule has 4 nitrogen and oxygen atoms in total. The molecule has 0 bridgehead atoms. The minimum Gasteiger partial charge on any atom is -0.493 e. The van der Waals surface area contributed by atoms with E-state index >= 15 is 0 Å². The summed E-state index contributed by atoms with van der Waals surface area (Å²) in [6, 6.07) is 5.92. The second-order valence-electron chi connectivity index (χ2n) is 4.93. The molecule has 4 heteroatoms. The Bertz CT molecular complexity index is 554. The van der Waals surface area contributed by atoms with Crippen LogP contribution in [0.5, 0.6) is 11.5 Å². The van der Waals surface area contributed by atoms with Gasteiger partial charge in [0.25, 0.3) is 0 Å². The summed E-state index contributed by atoms with van der Waals surface area (Å²) in [7, 11) is 3.19. The number of nitriles is 1. The summed E-state index contributed by atoms with van der Waals surface area (Å²) < 4.78 is 10.5. The smallest absolute Gasteiger partial charge is 0.161 e. The molecule has 0 atom stereocenters. The average molecular weight is 244 g/mol. The number of ether oxygens (including phenoxy) is 2. The summed E-state index contributed by atoms with van der Waals surface area (Å²) in [5, 5.41) is 9.21. The highest BCUT2D eigenvalue weighted by atomic mass is 16.5. The van der Waals surface area contributed by atoms with E-state index in [1.54, 1.807) is 14.2 Å². The number of fused-ring (bicyclic) bond motifs is 1. The quantitative estimate of drug-likeness (QED) is 0.802. The Morgan fingerprint density at radius 3 is 2.39 bits per heavy atom. The number of aliphatic imine (C=N–C) groups is 1. The van der Waals surface area contributed by atoms with Crippen molar-refractivity contribution >= 4 is 5.71 Å². The van der Waals surface area contributed by atoms with Crippen molar-refractivity contribution in [2.75, 3.05) is 14.2 Å². The highest BCUT2D eigenvalue weighted by Gasteiger charge is 2.28. The third kappa shape index (κ3) is 2.04. The zero-order valence-electron chi connectivity index (χ0n) is 11.1. The third-order valence-electron chi connectivity index (χ3n) is 3.01. The molecule has 0 radical (unpaired) electrons. The van der Waals surface area contributed by atoms with E-state index in [-0.39, 0.29) is 5.54 Å². The second-order valence-corrected chi connectivity index (χ2v) is 4.93. The van der Waals surface area contributed by atoms with Gasteiger partial charge in [0.1, 0.15) is 11.8 Å². The van der Waals surface area contributed by atoms with Crippen LogP contribution in [0.25, 0.3) is 0 Å². The van der Waals surface area contributed by atoms with Gasteiger partial charge in [-0.3, -0.25) is 4.99 Å². The molecule has 1 aliphatic rings. The Kier molecular flexibility index (Phi) is 3.00. The van der Waals surface area contributed by atoms with Gasteiger partial charge in [0.2, 0.25) is 0 Å². The largest absolute Gasteiger partial charge is 0.493 e. The minimum absolute atomic E-state index is 0.252. The van der Waals surface area contributed by atoms with Gasteiger partial charge >= 0.3 is 0 Å². The fourth-order valence-corrected chi connectivity index (χ4v) is 2.24. The Labute approximate surface area is 107 Å². The lowest BCUT2D eigenvalue weighted by molar-refractivity contribution is 0.354. The molecule has 1 aromatic rings. The average Bonchev–Trinajstić information content (AvgIpc) is 2.35. The molecular weight excluding hydrogens is 228 g/mol. The molecule has 0 unspecified atom stereocenters. The van der Waals surface area contributed by atoms with Gasteiger partial charge in [-0.1, -0.05) is 0 Å². The molecule has 0 saturated heterocycles. The van der Waals surface area contributed by atoms with Crippen molar-refractivity contribution in [1.29, 1.82) is 5.26 Å². The van der Waals surface area contributed by atoms with Crippen LogP contribution >= 0.6 is 0 Å². The molecule has 0 amide bonds. The van der Waals surface area contributed by atoms with Crippen molar-refractivity contribution in [3.8, 4) is 17.6 Å². The van der Waals surface area contributed by atoms with Gasteiger partial charge in [0.05, 0.1) is 19.8 Å². The van der Waals surface area contributed by atoms with Crippen molar-refractivity contribution in [3.05, 3.63) is 23.3 Å². The standard InChI is InChI=1S/C14H16N2O2/c1-14(2)7-9-5-12(17-3)13(18-4)6-10(9)11(8-15)16-14/h5-6H,7H2,1-4H3. The fraction of sp³-hybridized carbons (Fsp3) is 0.429. The number of rotatable bonds is 2. The summed E-state index contributed by atoms with van der Waals surface area (Å²) in [4.78, 5) is 4.46. The van der Waals surface area contributed by atoms with Crippen molar-refractivity contribution < 1.29 is 9.47 Å². The first-order valence-corrected chi connectivity index (χ1v) is 5.76. The highest BCUT2D eigenvalue weighted by molar-refractivity contribution is 6.13. The molecule has 0 aliphatic carbocycles. The van der Waals surface area contributed by atoms with Gasteiger partial charge in [0, 0.05) is 5.56 Å². The summed E-state index contributed by atoms with van der Waals surface area (Å²) in [6.45, 7) is 4.04. The molecule has 94 valence electrons. The van der Waals surface area contributed by atoms with E-state index in [0.717, 1.165) is 17.5 Å². The Morgan fingerprint density at radius 1 is 1.22 bits per heavy atom. The number of hydrogen-bond acceptors (Lipinski definition) is 4. The van der Waals surface area contributed by atoms with E-state index in [2.05, 4.69) is 11.1 Å². The zero-order chi connectivity index (χ0) is 13.3. The zero-order valence-corrected chi connectivity index (χ0v) is 11.1. The lowest BCUT2D eigenvalue weighted by Gasteiger charge is -2.27. The van der Waals surface area contributed by atoms with E-state index in [1.165, 1.54) is 0 Å². The molecule has 0 fully saturated rings. The van der Waals surface area contributed by atoms with Gasteiger partial charge in [-0.25, -0.2) is 0 Å². The first-order chi connectivity index (χ1) is 8.50. The molecule has 1 aromatic carbocycles. The first-order valence-electron chi connectivity index (χ1n) is 5.76. The highest BCUT2D eigenvalue weighted by Crippen LogP contribution is 2.35. The topological polar surface area (TPSA) is 54.6 Å². The van der Waals surface area contributed by atoms with E-state index in [0.29, 0.717) is 17.2 Å². The lowest BCUT2D eigenvalue weighted by atomic mass is 9.87. The van der Waals surface area contributed by atoms with Gasteiger partial charge in [-0.15, -0.1) is 0 Å². The molecule has 0 saturated carbocycles. The van der Waals surface area contributed by atoms with E-state index in [4.69, 9.17) is 9.47 Å². The SMILES string of the molecule is COc1cc2c(cc1OC)C(C#N)=NC(C)(C)C2. The normalized spacial score (nSPS) is 16.3. The number of benzene rings is 1. The van der Waals surface area contributed by atoms with Crippen LogP contribution in [0.1, 0.15) is 25.0 Å². The van der Waals surface area contributed by atoms with Crippen LogP contribution in [-0.4, -0.2) is 25.5 Å². The number of methoxy groups -OCH3 is 2. The monoisotopic (exact) mass is 244 g/mol. The van der Waals surface area contributed by atoms with Crippen LogP contribution < -0.4 is 9.47 Å². The summed E-state index contributed by atoms with van der Waals surface area (Å²) in [5.74, 6) is 1.31. The Morgan fingerprint density at radius 2 is 1.83 bits per heavy atom. The van der Waals surface area contributed by atoms with Gasteiger partial charge < -0.3 is 9.47 Å². The van der Waals surface area contributed by atoms with Crippen LogP contribution in [0, 0.1) is 11.3 Å². The maximum Gasteiger partial charge on any atom is 0.161 e. The Hall–Kier alpha value is -2.02. The van der Waals surface area contributed by atoms with Gasteiger partial charge in [-0.05, 0) is 38.0 Å². The molecule has 0 aromatic heterocycles. The minimum atomic E-state index is -0.252. The molecule has 0 spiro atoms. The first kappa shape index (κ1) is 12.4. The summed E-state index contributed by atoms with van der Waals surface area (Å²) >= 11 is 0. The van der Waals surface area contributed by atoms with Crippen LogP contribution in [0.4, 0.5) is 0 Å². The fourth-order valence-electron chi connectivity index (χ4n) is 2.24. The van der Waals surface area contributed by atoms with Crippen LogP contribution in [0.2, 0.25) is 0 Å². The number of hydrogen-bond donors (Lipinski definition) is 0. The molecule has 1 aliphatic heterocycles. The lowest BCUT2D eigenvalue weighted by Crippen LogP contribution is -2.28. The maximum atomic E-state index is 9.21. The molecule has 2 rings (SSSR count). The van der Waals surface area contributed by atoms with Gasteiger partial charge in [0.15, 0.2) is 11.5 Å². The van der Waals surface area contributed by atoms with Crippen molar-refractivity contribution in [2.24, 2.45) is 4.99 Å². The van der Waals surface area contributed by atoms with E-state index in [1.807, 2.05) is 26.0 Å². The van der Waals surface area contributed by atoms with Crippen LogP contribution in [0.15, 0.2) is 17.1 Å². The number of nitrogens with zero attached hydrogens (tertiary/aromatic N) is 2. The van der Waals surface area contributed by atoms with Crippen molar-refractivity contribution in [1.82, 2.24) is 0 Å². The predicted octanol–water partition coefficient (Wildman–Crippen LogP) is 2.35. The molecule has 1 heterocycles. The van der Waals surface area contributed by atoms with Crippen LogP contribution in [0.3, 0.4) is 0 Å². The third-order valence-corrected chi connectivity index (χ3v) is 3.01. The van der Waals surface area contributed by atoms with E-state index in [9.17, 15) is 5.26 Å². The van der Waals surface area contributed by atoms with Crippen molar-refractivity contribution in [3.63, 3.8) is 0 Å². The summed E-state index contributed by atoms with van der Waals surface area (Å²) in [5.41, 5.74) is 2.12. The maximum absolute atomic E-state index is 9.21.